The highest BCUT2D eigenvalue weighted by atomic mass is 35.5. The molecular weight excluding hydrogens is 246 g/mol. The van der Waals surface area contributed by atoms with E-state index in [1.807, 2.05) is 18.2 Å². The summed E-state index contributed by atoms with van der Waals surface area (Å²) in [6.07, 6.45) is 5.26. The van der Waals surface area contributed by atoms with Gasteiger partial charge in [0.05, 0.1) is 5.92 Å². The van der Waals surface area contributed by atoms with E-state index in [1.54, 1.807) is 0 Å². The predicted octanol–water partition coefficient (Wildman–Crippen LogP) is 3.81. The van der Waals surface area contributed by atoms with Crippen LogP contribution in [0.5, 0.6) is 0 Å². The maximum absolute atomic E-state index is 12.3. The second-order valence-electron chi connectivity index (χ2n) is 6.04. The van der Waals surface area contributed by atoms with Crippen LogP contribution >= 0.6 is 11.6 Å². The van der Waals surface area contributed by atoms with Crippen molar-refractivity contribution >= 4 is 23.2 Å². The number of rotatable bonds is 1. The van der Waals surface area contributed by atoms with E-state index in [-0.39, 0.29) is 11.8 Å². The van der Waals surface area contributed by atoms with E-state index in [0.29, 0.717) is 5.92 Å². The molecule has 1 aliphatic heterocycles. The number of halogens is 1. The first kappa shape index (κ1) is 10.9. The highest BCUT2D eigenvalue weighted by Gasteiger charge is 2.48. The van der Waals surface area contributed by atoms with E-state index < -0.39 is 0 Å². The fourth-order valence-corrected chi connectivity index (χ4v) is 4.56. The highest BCUT2D eigenvalue weighted by molar-refractivity contribution is 6.31. The SMILES string of the molecule is O=C1Nc2ccc(Cl)cc2C1C1CC2CCC1C2. The van der Waals surface area contributed by atoms with Gasteiger partial charge >= 0.3 is 0 Å². The second kappa shape index (κ2) is 3.74. The molecule has 4 unspecified atom stereocenters. The Kier molecular flexibility index (Phi) is 2.25. The van der Waals surface area contributed by atoms with Gasteiger partial charge in [0.25, 0.3) is 0 Å². The van der Waals surface area contributed by atoms with Gasteiger partial charge in [0.2, 0.25) is 5.91 Å². The topological polar surface area (TPSA) is 29.1 Å². The van der Waals surface area contributed by atoms with Gasteiger partial charge in [0, 0.05) is 10.7 Å². The zero-order valence-corrected chi connectivity index (χ0v) is 10.9. The summed E-state index contributed by atoms with van der Waals surface area (Å²) < 4.78 is 0. The molecule has 3 heteroatoms. The molecule has 3 aliphatic rings. The van der Waals surface area contributed by atoms with Gasteiger partial charge in [-0.1, -0.05) is 18.0 Å². The number of carbonyl (C=O) groups is 1. The van der Waals surface area contributed by atoms with Crippen LogP contribution in [-0.4, -0.2) is 5.91 Å². The molecule has 94 valence electrons. The minimum Gasteiger partial charge on any atom is -0.325 e. The van der Waals surface area contributed by atoms with Crippen molar-refractivity contribution in [2.24, 2.45) is 17.8 Å². The molecule has 2 fully saturated rings. The van der Waals surface area contributed by atoms with Crippen molar-refractivity contribution < 1.29 is 4.79 Å². The van der Waals surface area contributed by atoms with Crippen LogP contribution in [0.4, 0.5) is 5.69 Å². The zero-order chi connectivity index (χ0) is 12.3. The van der Waals surface area contributed by atoms with E-state index >= 15 is 0 Å². The molecule has 0 aromatic heterocycles. The molecule has 1 amide bonds. The third kappa shape index (κ3) is 1.45. The molecule has 18 heavy (non-hydrogen) atoms. The molecule has 1 aromatic carbocycles. The van der Waals surface area contributed by atoms with Crippen LogP contribution in [-0.2, 0) is 4.79 Å². The van der Waals surface area contributed by atoms with Crippen molar-refractivity contribution in [2.45, 2.75) is 31.6 Å². The summed E-state index contributed by atoms with van der Waals surface area (Å²) in [6.45, 7) is 0. The molecule has 1 heterocycles. The Hall–Kier alpha value is -1.02. The molecule has 1 N–H and O–H groups in total. The number of carbonyl (C=O) groups excluding carboxylic acids is 1. The summed E-state index contributed by atoms with van der Waals surface area (Å²) in [4.78, 5) is 12.3. The maximum Gasteiger partial charge on any atom is 0.232 e. The fraction of sp³-hybridized carbons (Fsp3) is 0.533. The molecule has 4 rings (SSSR count). The summed E-state index contributed by atoms with van der Waals surface area (Å²) in [5.41, 5.74) is 2.10. The first-order valence-corrected chi connectivity index (χ1v) is 7.20. The summed E-state index contributed by atoms with van der Waals surface area (Å²) in [7, 11) is 0. The largest absolute Gasteiger partial charge is 0.325 e. The van der Waals surface area contributed by atoms with Crippen LogP contribution in [0.1, 0.15) is 37.2 Å². The normalized spacial score (nSPS) is 36.8. The first-order chi connectivity index (χ1) is 8.72. The number of hydrogen-bond acceptors (Lipinski definition) is 1. The smallest absolute Gasteiger partial charge is 0.232 e. The second-order valence-corrected chi connectivity index (χ2v) is 6.47. The molecular formula is C15H16ClNO. The lowest BCUT2D eigenvalue weighted by molar-refractivity contribution is -0.118. The quantitative estimate of drug-likeness (QED) is 0.818. The van der Waals surface area contributed by atoms with Gasteiger partial charge in [-0.3, -0.25) is 4.79 Å². The van der Waals surface area contributed by atoms with Crippen molar-refractivity contribution in [1.29, 1.82) is 0 Å². The van der Waals surface area contributed by atoms with Gasteiger partial charge in [-0.15, -0.1) is 0 Å². The Morgan fingerprint density at radius 1 is 1.22 bits per heavy atom. The molecule has 2 aliphatic carbocycles. The van der Waals surface area contributed by atoms with Crippen molar-refractivity contribution in [3.05, 3.63) is 28.8 Å². The fourth-order valence-electron chi connectivity index (χ4n) is 4.38. The van der Waals surface area contributed by atoms with Crippen LogP contribution in [0, 0.1) is 17.8 Å². The monoisotopic (exact) mass is 261 g/mol. The number of amides is 1. The maximum atomic E-state index is 12.3. The average Bonchev–Trinajstić information content (AvgIpc) is 3.01. The van der Waals surface area contributed by atoms with E-state index in [0.717, 1.165) is 28.1 Å². The highest BCUT2D eigenvalue weighted by Crippen LogP contribution is 2.55. The van der Waals surface area contributed by atoms with Crippen LogP contribution < -0.4 is 5.32 Å². The Morgan fingerprint density at radius 2 is 2.11 bits per heavy atom. The lowest BCUT2D eigenvalue weighted by Crippen LogP contribution is -2.25. The lowest BCUT2D eigenvalue weighted by atomic mass is 9.77. The van der Waals surface area contributed by atoms with E-state index in [1.165, 1.54) is 25.7 Å². The molecule has 0 saturated heterocycles. The third-order valence-corrected chi connectivity index (χ3v) is 5.35. The average molecular weight is 262 g/mol. The van der Waals surface area contributed by atoms with Gasteiger partial charge < -0.3 is 5.32 Å². The Balaban J connectivity index is 1.73. The summed E-state index contributed by atoms with van der Waals surface area (Å²) in [5, 5.41) is 3.75. The first-order valence-electron chi connectivity index (χ1n) is 6.82. The molecule has 4 atom stereocenters. The molecule has 2 bridgehead atoms. The van der Waals surface area contributed by atoms with Crippen molar-refractivity contribution in [2.75, 3.05) is 5.32 Å². The number of hydrogen-bond donors (Lipinski definition) is 1. The van der Waals surface area contributed by atoms with Crippen molar-refractivity contribution in [1.82, 2.24) is 0 Å². The lowest BCUT2D eigenvalue weighted by Gasteiger charge is -2.26. The third-order valence-electron chi connectivity index (χ3n) is 5.11. The van der Waals surface area contributed by atoms with Gasteiger partial charge in [-0.05, 0) is 60.8 Å². The van der Waals surface area contributed by atoms with Crippen molar-refractivity contribution in [3.8, 4) is 0 Å². The molecule has 2 nitrogen and oxygen atoms in total. The predicted molar refractivity (Wildman–Crippen MR) is 71.8 cm³/mol. The van der Waals surface area contributed by atoms with Crippen LogP contribution in [0.2, 0.25) is 5.02 Å². The minimum absolute atomic E-state index is 0.0500. The number of benzene rings is 1. The Morgan fingerprint density at radius 3 is 2.83 bits per heavy atom. The van der Waals surface area contributed by atoms with Gasteiger partial charge in [0.15, 0.2) is 0 Å². The summed E-state index contributed by atoms with van der Waals surface area (Å²) in [6, 6.07) is 5.76. The molecule has 0 radical (unpaired) electrons. The number of nitrogens with one attached hydrogen (secondary N) is 1. The zero-order valence-electron chi connectivity index (χ0n) is 10.2. The Bertz CT molecular complexity index is 527. The molecule has 1 aromatic rings. The van der Waals surface area contributed by atoms with E-state index in [4.69, 9.17) is 11.6 Å². The minimum atomic E-state index is 0.0500. The van der Waals surface area contributed by atoms with Crippen LogP contribution in [0.3, 0.4) is 0 Å². The van der Waals surface area contributed by atoms with Gasteiger partial charge in [-0.25, -0.2) is 0 Å². The number of fused-ring (bicyclic) bond motifs is 3. The number of anilines is 1. The van der Waals surface area contributed by atoms with Gasteiger partial charge in [-0.2, -0.15) is 0 Å². The van der Waals surface area contributed by atoms with Crippen LogP contribution in [0.15, 0.2) is 18.2 Å². The summed E-state index contributed by atoms with van der Waals surface area (Å²) in [5.74, 6) is 2.41. The molecule has 0 spiro atoms. The van der Waals surface area contributed by atoms with Crippen LogP contribution in [0.25, 0.3) is 0 Å². The summed E-state index contributed by atoms with van der Waals surface area (Å²) >= 11 is 6.08. The van der Waals surface area contributed by atoms with Crippen molar-refractivity contribution in [3.63, 3.8) is 0 Å². The van der Waals surface area contributed by atoms with Gasteiger partial charge in [0.1, 0.15) is 0 Å². The van der Waals surface area contributed by atoms with E-state index in [9.17, 15) is 4.79 Å². The van der Waals surface area contributed by atoms with E-state index in [2.05, 4.69) is 5.32 Å². The standard InChI is InChI=1S/C15H16ClNO/c16-10-3-4-13-12(7-10)14(15(18)17-13)11-6-8-1-2-9(11)5-8/h3-4,7-9,11,14H,1-2,5-6H2,(H,17,18). The molecule has 2 saturated carbocycles. The Labute approximate surface area is 112 Å².